The summed E-state index contributed by atoms with van der Waals surface area (Å²) in [5, 5.41) is 9.05. The third-order valence-corrected chi connectivity index (χ3v) is 3.51. The predicted molar refractivity (Wildman–Crippen MR) is 77.1 cm³/mol. The molecule has 0 atom stereocenters. The van der Waals surface area contributed by atoms with Crippen LogP contribution in [0.4, 0.5) is 0 Å². The molecule has 2 aromatic rings. The highest BCUT2D eigenvalue weighted by molar-refractivity contribution is 5.63. The predicted octanol–water partition coefficient (Wildman–Crippen LogP) is 3.01. The van der Waals surface area contributed by atoms with Crippen molar-refractivity contribution in [2.75, 3.05) is 19.8 Å². The number of ether oxygens (including phenoxy) is 2. The number of aliphatic hydroxyl groups excluding tert-OH is 1. The summed E-state index contributed by atoms with van der Waals surface area (Å²) in [4.78, 5) is 0. The molecule has 1 aliphatic heterocycles. The first-order valence-corrected chi connectivity index (χ1v) is 6.86. The maximum atomic E-state index is 9.05. The van der Waals surface area contributed by atoms with E-state index < -0.39 is 0 Å². The smallest absolute Gasteiger partial charge is 0.183 e. The van der Waals surface area contributed by atoms with Crippen LogP contribution in [0.15, 0.2) is 54.6 Å². The van der Waals surface area contributed by atoms with E-state index in [0.29, 0.717) is 13.2 Å². The van der Waals surface area contributed by atoms with Crippen molar-refractivity contribution in [1.29, 1.82) is 0 Å². The lowest BCUT2D eigenvalue weighted by Crippen LogP contribution is -2.29. The Bertz CT molecular complexity index is 528. The Morgan fingerprint density at radius 3 is 2.05 bits per heavy atom. The summed E-state index contributed by atoms with van der Waals surface area (Å²) in [6, 6.07) is 18.5. The molecule has 2 aromatic carbocycles. The lowest BCUT2D eigenvalue weighted by Gasteiger charge is -2.28. The highest BCUT2D eigenvalue weighted by Crippen LogP contribution is 2.27. The van der Waals surface area contributed by atoms with Crippen molar-refractivity contribution in [2.24, 2.45) is 5.92 Å². The second-order valence-corrected chi connectivity index (χ2v) is 5.04. The van der Waals surface area contributed by atoms with E-state index in [-0.39, 0.29) is 18.8 Å². The van der Waals surface area contributed by atoms with Crippen LogP contribution >= 0.6 is 0 Å². The second kappa shape index (κ2) is 6.18. The van der Waals surface area contributed by atoms with Gasteiger partial charge in [0.1, 0.15) is 0 Å². The van der Waals surface area contributed by atoms with E-state index in [9.17, 15) is 0 Å². The summed E-state index contributed by atoms with van der Waals surface area (Å²) in [6.45, 7) is 1.20. The Morgan fingerprint density at radius 1 is 0.850 bits per heavy atom. The largest absolute Gasteiger partial charge is 0.396 e. The molecule has 1 fully saturated rings. The van der Waals surface area contributed by atoms with E-state index in [1.807, 2.05) is 30.3 Å². The van der Waals surface area contributed by atoms with Crippen LogP contribution < -0.4 is 0 Å². The molecule has 0 bridgehead atoms. The summed E-state index contributed by atoms with van der Waals surface area (Å²) < 4.78 is 11.3. The van der Waals surface area contributed by atoms with Crippen LogP contribution in [0, 0.1) is 5.92 Å². The van der Waals surface area contributed by atoms with Crippen LogP contribution in [0.25, 0.3) is 11.1 Å². The molecule has 1 heterocycles. The molecule has 0 radical (unpaired) electrons. The second-order valence-electron chi connectivity index (χ2n) is 5.04. The Hall–Kier alpha value is -1.68. The average Bonchev–Trinajstić information content (AvgIpc) is 2.56. The number of rotatable bonds is 3. The highest BCUT2D eigenvalue weighted by atomic mass is 16.7. The van der Waals surface area contributed by atoms with Crippen molar-refractivity contribution in [3.8, 4) is 11.1 Å². The molecule has 0 amide bonds. The maximum Gasteiger partial charge on any atom is 0.183 e. The summed E-state index contributed by atoms with van der Waals surface area (Å²) in [7, 11) is 0. The summed E-state index contributed by atoms with van der Waals surface area (Å²) in [5.41, 5.74) is 3.39. The molecule has 1 N–H and O–H groups in total. The number of benzene rings is 2. The van der Waals surface area contributed by atoms with Crippen LogP contribution in [0.5, 0.6) is 0 Å². The molecule has 0 saturated carbocycles. The van der Waals surface area contributed by atoms with Gasteiger partial charge >= 0.3 is 0 Å². The maximum absolute atomic E-state index is 9.05. The molecule has 20 heavy (non-hydrogen) atoms. The minimum absolute atomic E-state index is 0.0924. The number of hydrogen-bond donors (Lipinski definition) is 1. The summed E-state index contributed by atoms with van der Waals surface area (Å²) >= 11 is 0. The van der Waals surface area contributed by atoms with Crippen molar-refractivity contribution in [3.63, 3.8) is 0 Å². The molecule has 3 rings (SSSR count). The van der Waals surface area contributed by atoms with Crippen molar-refractivity contribution in [2.45, 2.75) is 6.29 Å². The van der Waals surface area contributed by atoms with Crippen molar-refractivity contribution in [1.82, 2.24) is 0 Å². The standard InChI is InChI=1S/C17H18O3/c18-10-13-11-19-17(20-12-13)16-8-6-15(7-9-16)14-4-2-1-3-5-14/h1-9,13,17-18H,10-12H2. The van der Waals surface area contributed by atoms with Gasteiger partial charge in [-0.2, -0.15) is 0 Å². The molecule has 104 valence electrons. The third kappa shape index (κ3) is 2.90. The van der Waals surface area contributed by atoms with E-state index in [1.165, 1.54) is 11.1 Å². The van der Waals surface area contributed by atoms with Crippen LogP contribution in [0.3, 0.4) is 0 Å². The normalized spacial score (nSPS) is 22.6. The Balaban J connectivity index is 1.71. The number of hydrogen-bond acceptors (Lipinski definition) is 3. The zero-order valence-electron chi connectivity index (χ0n) is 11.2. The SMILES string of the molecule is OCC1COC(c2ccc(-c3ccccc3)cc2)OC1. The van der Waals surface area contributed by atoms with Gasteiger partial charge in [-0.15, -0.1) is 0 Å². The fourth-order valence-electron chi connectivity index (χ4n) is 2.30. The first kappa shape index (κ1) is 13.3. The van der Waals surface area contributed by atoms with Crippen LogP contribution in [-0.4, -0.2) is 24.9 Å². The van der Waals surface area contributed by atoms with Gasteiger partial charge in [0.2, 0.25) is 0 Å². The van der Waals surface area contributed by atoms with Crippen molar-refractivity contribution < 1.29 is 14.6 Å². The zero-order chi connectivity index (χ0) is 13.8. The lowest BCUT2D eigenvalue weighted by atomic mass is 10.0. The summed E-state index contributed by atoms with van der Waals surface area (Å²) in [6.07, 6.45) is -0.317. The Morgan fingerprint density at radius 2 is 1.45 bits per heavy atom. The average molecular weight is 270 g/mol. The van der Waals surface area contributed by atoms with Gasteiger partial charge in [-0.25, -0.2) is 0 Å². The first-order chi connectivity index (χ1) is 9.86. The van der Waals surface area contributed by atoms with Crippen LogP contribution in [0.2, 0.25) is 0 Å². The van der Waals surface area contributed by atoms with Gasteiger partial charge in [-0.05, 0) is 11.1 Å². The van der Waals surface area contributed by atoms with Gasteiger partial charge in [-0.3, -0.25) is 0 Å². The van der Waals surface area contributed by atoms with Gasteiger partial charge in [-0.1, -0.05) is 54.6 Å². The topological polar surface area (TPSA) is 38.7 Å². The van der Waals surface area contributed by atoms with Gasteiger partial charge < -0.3 is 14.6 Å². The van der Waals surface area contributed by atoms with Gasteiger partial charge in [0.15, 0.2) is 6.29 Å². The Kier molecular flexibility index (Phi) is 4.11. The van der Waals surface area contributed by atoms with Gasteiger partial charge in [0, 0.05) is 11.5 Å². The fraction of sp³-hybridized carbons (Fsp3) is 0.294. The fourth-order valence-corrected chi connectivity index (χ4v) is 2.30. The van der Waals surface area contributed by atoms with E-state index in [4.69, 9.17) is 14.6 Å². The van der Waals surface area contributed by atoms with E-state index in [2.05, 4.69) is 24.3 Å². The molecule has 1 aliphatic rings. The third-order valence-electron chi connectivity index (χ3n) is 3.51. The molecule has 0 aromatic heterocycles. The minimum Gasteiger partial charge on any atom is -0.396 e. The van der Waals surface area contributed by atoms with Gasteiger partial charge in [0.05, 0.1) is 19.8 Å². The summed E-state index contributed by atoms with van der Waals surface area (Å²) in [5.74, 6) is 0.0924. The van der Waals surface area contributed by atoms with Crippen LogP contribution in [-0.2, 0) is 9.47 Å². The molecule has 0 unspecified atom stereocenters. The monoisotopic (exact) mass is 270 g/mol. The van der Waals surface area contributed by atoms with E-state index in [1.54, 1.807) is 0 Å². The van der Waals surface area contributed by atoms with E-state index >= 15 is 0 Å². The first-order valence-electron chi connectivity index (χ1n) is 6.86. The molecular weight excluding hydrogens is 252 g/mol. The van der Waals surface area contributed by atoms with E-state index in [0.717, 1.165) is 5.56 Å². The Labute approximate surface area is 118 Å². The lowest BCUT2D eigenvalue weighted by molar-refractivity contribution is -0.209. The molecule has 0 aliphatic carbocycles. The molecule has 3 nitrogen and oxygen atoms in total. The highest BCUT2D eigenvalue weighted by Gasteiger charge is 2.22. The van der Waals surface area contributed by atoms with Crippen LogP contribution in [0.1, 0.15) is 11.9 Å². The minimum atomic E-state index is -0.317. The van der Waals surface area contributed by atoms with Crippen molar-refractivity contribution in [3.05, 3.63) is 60.2 Å². The number of aliphatic hydroxyl groups is 1. The zero-order valence-corrected chi connectivity index (χ0v) is 11.2. The molecule has 3 heteroatoms. The molecule has 0 spiro atoms. The van der Waals surface area contributed by atoms with Crippen molar-refractivity contribution >= 4 is 0 Å². The molecule has 1 saturated heterocycles. The van der Waals surface area contributed by atoms with Gasteiger partial charge in [0.25, 0.3) is 0 Å². The molecular formula is C17H18O3. The quantitative estimate of drug-likeness (QED) is 0.931.